The average molecular weight is 246 g/mol. The van der Waals surface area contributed by atoms with Gasteiger partial charge in [0.05, 0.1) is 12.2 Å². The predicted octanol–water partition coefficient (Wildman–Crippen LogP) is 2.85. The van der Waals surface area contributed by atoms with Gasteiger partial charge >= 0.3 is 0 Å². The molecular weight excluding hydrogens is 228 g/mol. The molecule has 0 aliphatic carbocycles. The van der Waals surface area contributed by atoms with Gasteiger partial charge in [0.25, 0.3) is 0 Å². The van der Waals surface area contributed by atoms with Gasteiger partial charge in [-0.2, -0.15) is 0 Å². The fourth-order valence-corrected chi connectivity index (χ4v) is 1.82. The minimum absolute atomic E-state index is 0.0405. The lowest BCUT2D eigenvalue weighted by molar-refractivity contribution is 0.419. The molecule has 1 aromatic carbocycles. The maximum Gasteiger partial charge on any atom is 0.208 e. The number of phenolic OH excluding ortho intramolecular Hbond substituents is 1. The Morgan fingerprint density at radius 3 is 2.67 bits per heavy atom. The highest BCUT2D eigenvalue weighted by molar-refractivity contribution is 5.34. The summed E-state index contributed by atoms with van der Waals surface area (Å²) in [5, 5.41) is 13.0. The number of rotatable bonds is 4. The first-order chi connectivity index (χ1) is 8.58. The van der Waals surface area contributed by atoms with Gasteiger partial charge in [0.1, 0.15) is 11.5 Å². The van der Waals surface area contributed by atoms with Gasteiger partial charge in [0, 0.05) is 11.6 Å². The minimum Gasteiger partial charge on any atom is -0.508 e. The number of aromatic nitrogens is 1. The number of phenols is 1. The molecule has 2 rings (SSSR count). The SMILES string of the molecule is Cc1nc(CNC(C)c2ccccc2O)oc1C. The third-order valence-corrected chi connectivity index (χ3v) is 3.04. The normalized spacial score (nSPS) is 12.6. The van der Waals surface area contributed by atoms with Crippen LogP contribution in [0.2, 0.25) is 0 Å². The summed E-state index contributed by atoms with van der Waals surface area (Å²) in [7, 11) is 0. The van der Waals surface area contributed by atoms with Crippen LogP contribution in [0.5, 0.6) is 5.75 Å². The molecule has 0 amide bonds. The molecule has 0 aliphatic rings. The van der Waals surface area contributed by atoms with E-state index in [2.05, 4.69) is 10.3 Å². The van der Waals surface area contributed by atoms with Crippen LogP contribution < -0.4 is 5.32 Å². The van der Waals surface area contributed by atoms with E-state index in [1.165, 1.54) is 0 Å². The van der Waals surface area contributed by atoms with Crippen LogP contribution in [0.1, 0.15) is 35.9 Å². The number of aryl methyl sites for hydroxylation is 2. The molecule has 4 heteroatoms. The van der Waals surface area contributed by atoms with Crippen molar-refractivity contribution in [2.24, 2.45) is 0 Å². The topological polar surface area (TPSA) is 58.3 Å². The zero-order valence-electron chi connectivity index (χ0n) is 10.9. The smallest absolute Gasteiger partial charge is 0.208 e. The Hall–Kier alpha value is -1.81. The van der Waals surface area contributed by atoms with Crippen LogP contribution >= 0.6 is 0 Å². The van der Waals surface area contributed by atoms with Crippen LogP contribution in [0.25, 0.3) is 0 Å². The largest absolute Gasteiger partial charge is 0.508 e. The first-order valence-corrected chi connectivity index (χ1v) is 6.02. The second kappa shape index (κ2) is 5.23. The van der Waals surface area contributed by atoms with Crippen LogP contribution in [0, 0.1) is 13.8 Å². The summed E-state index contributed by atoms with van der Waals surface area (Å²) in [6.07, 6.45) is 0. The summed E-state index contributed by atoms with van der Waals surface area (Å²) in [4.78, 5) is 4.31. The number of oxazole rings is 1. The van der Waals surface area contributed by atoms with E-state index in [1.54, 1.807) is 6.07 Å². The Morgan fingerprint density at radius 1 is 1.33 bits per heavy atom. The lowest BCUT2D eigenvalue weighted by atomic mass is 10.1. The van der Waals surface area contributed by atoms with Crippen molar-refractivity contribution >= 4 is 0 Å². The molecule has 4 nitrogen and oxygen atoms in total. The van der Waals surface area contributed by atoms with Crippen LogP contribution in [-0.4, -0.2) is 10.1 Å². The lowest BCUT2D eigenvalue weighted by Gasteiger charge is -2.14. The highest BCUT2D eigenvalue weighted by atomic mass is 16.4. The average Bonchev–Trinajstić information content (AvgIpc) is 2.66. The highest BCUT2D eigenvalue weighted by Crippen LogP contribution is 2.23. The van der Waals surface area contributed by atoms with Gasteiger partial charge in [-0.25, -0.2) is 4.98 Å². The van der Waals surface area contributed by atoms with E-state index in [9.17, 15) is 5.11 Å². The molecule has 0 spiro atoms. The highest BCUT2D eigenvalue weighted by Gasteiger charge is 2.11. The van der Waals surface area contributed by atoms with E-state index in [0.29, 0.717) is 18.2 Å². The summed E-state index contributed by atoms with van der Waals surface area (Å²) in [5.41, 5.74) is 1.79. The first kappa shape index (κ1) is 12.6. The molecule has 18 heavy (non-hydrogen) atoms. The van der Waals surface area contributed by atoms with Crippen LogP contribution in [0.4, 0.5) is 0 Å². The number of hydrogen-bond donors (Lipinski definition) is 2. The monoisotopic (exact) mass is 246 g/mol. The van der Waals surface area contributed by atoms with Crippen molar-refractivity contribution in [2.45, 2.75) is 33.4 Å². The second-order valence-corrected chi connectivity index (χ2v) is 4.41. The number of hydrogen-bond acceptors (Lipinski definition) is 4. The van der Waals surface area contributed by atoms with E-state index in [1.807, 2.05) is 39.0 Å². The van der Waals surface area contributed by atoms with E-state index in [0.717, 1.165) is 17.0 Å². The fraction of sp³-hybridized carbons (Fsp3) is 0.357. The summed E-state index contributed by atoms with van der Waals surface area (Å²) < 4.78 is 5.49. The second-order valence-electron chi connectivity index (χ2n) is 4.41. The van der Waals surface area contributed by atoms with Gasteiger partial charge in [-0.3, -0.25) is 0 Å². The Morgan fingerprint density at radius 2 is 2.06 bits per heavy atom. The van der Waals surface area contributed by atoms with Crippen LogP contribution in [-0.2, 0) is 6.54 Å². The van der Waals surface area contributed by atoms with Gasteiger partial charge < -0.3 is 14.8 Å². The van der Waals surface area contributed by atoms with Crippen molar-refractivity contribution in [1.29, 1.82) is 0 Å². The van der Waals surface area contributed by atoms with E-state index in [-0.39, 0.29) is 6.04 Å². The molecule has 0 aliphatic heterocycles. The van der Waals surface area contributed by atoms with Crippen molar-refractivity contribution in [1.82, 2.24) is 10.3 Å². The van der Waals surface area contributed by atoms with Gasteiger partial charge in [-0.15, -0.1) is 0 Å². The predicted molar refractivity (Wildman–Crippen MR) is 69.3 cm³/mol. The number of aromatic hydroxyl groups is 1. The Kier molecular flexibility index (Phi) is 3.67. The number of benzene rings is 1. The Bertz CT molecular complexity index is 515. The van der Waals surface area contributed by atoms with E-state index in [4.69, 9.17) is 4.42 Å². The van der Waals surface area contributed by atoms with Crippen molar-refractivity contribution in [3.63, 3.8) is 0 Å². The molecule has 2 aromatic rings. The summed E-state index contributed by atoms with van der Waals surface area (Å²) in [6, 6.07) is 7.35. The van der Waals surface area contributed by atoms with E-state index >= 15 is 0 Å². The van der Waals surface area contributed by atoms with Gasteiger partial charge in [0.2, 0.25) is 5.89 Å². The molecule has 0 saturated carbocycles. The number of para-hydroxylation sites is 1. The third kappa shape index (κ3) is 2.71. The van der Waals surface area contributed by atoms with Gasteiger partial charge in [0.15, 0.2) is 0 Å². The summed E-state index contributed by atoms with van der Waals surface area (Å²) >= 11 is 0. The molecule has 0 radical (unpaired) electrons. The zero-order valence-corrected chi connectivity index (χ0v) is 10.9. The standard InChI is InChI=1S/C14H18N2O2/c1-9-11(3)18-14(16-9)8-15-10(2)12-6-4-5-7-13(12)17/h4-7,10,15,17H,8H2,1-3H3. The molecule has 0 fully saturated rings. The zero-order chi connectivity index (χ0) is 13.1. The molecule has 2 N–H and O–H groups in total. The summed E-state index contributed by atoms with van der Waals surface area (Å²) in [5.74, 6) is 1.83. The summed E-state index contributed by atoms with van der Waals surface area (Å²) in [6.45, 7) is 6.37. The van der Waals surface area contributed by atoms with Gasteiger partial charge in [-0.1, -0.05) is 18.2 Å². The third-order valence-electron chi connectivity index (χ3n) is 3.04. The maximum atomic E-state index is 9.75. The molecule has 96 valence electrons. The van der Waals surface area contributed by atoms with Crippen molar-refractivity contribution in [3.05, 3.63) is 47.2 Å². The molecule has 1 aromatic heterocycles. The maximum absolute atomic E-state index is 9.75. The molecule has 1 unspecified atom stereocenters. The molecule has 1 heterocycles. The molecule has 1 atom stereocenters. The fourth-order valence-electron chi connectivity index (χ4n) is 1.82. The van der Waals surface area contributed by atoms with Gasteiger partial charge in [-0.05, 0) is 26.8 Å². The van der Waals surface area contributed by atoms with Crippen molar-refractivity contribution in [3.8, 4) is 5.75 Å². The van der Waals surface area contributed by atoms with Crippen LogP contribution in [0.15, 0.2) is 28.7 Å². The molecule has 0 bridgehead atoms. The van der Waals surface area contributed by atoms with Crippen molar-refractivity contribution in [2.75, 3.05) is 0 Å². The van der Waals surface area contributed by atoms with Crippen LogP contribution in [0.3, 0.4) is 0 Å². The Labute approximate surface area is 107 Å². The number of nitrogens with one attached hydrogen (secondary N) is 1. The van der Waals surface area contributed by atoms with E-state index < -0.39 is 0 Å². The van der Waals surface area contributed by atoms with Crippen molar-refractivity contribution < 1.29 is 9.52 Å². The molecular formula is C14H18N2O2. The Balaban J connectivity index is 2.00. The minimum atomic E-state index is 0.0405. The number of nitrogens with zero attached hydrogens (tertiary/aromatic N) is 1. The molecule has 0 saturated heterocycles. The first-order valence-electron chi connectivity index (χ1n) is 6.02. The lowest BCUT2D eigenvalue weighted by Crippen LogP contribution is -2.18. The quantitative estimate of drug-likeness (QED) is 0.871.